The SMILES string of the molecule is O=C(OCc1ccc(P(c2ccc(COC(=O)c3ccccc3)cc2)c2ccc(COC(=O)c3ccccc3)cc2)cc1)c1ccccc1. The van der Waals surface area contributed by atoms with Crippen molar-refractivity contribution in [3.05, 3.63) is 197 Å². The Morgan fingerprint density at radius 3 is 0.837 bits per heavy atom. The highest BCUT2D eigenvalue weighted by Gasteiger charge is 2.18. The summed E-state index contributed by atoms with van der Waals surface area (Å²) in [6.07, 6.45) is 0. The average Bonchev–Trinajstić information content (AvgIpc) is 3.17. The number of rotatable bonds is 12. The Morgan fingerprint density at radius 1 is 0.347 bits per heavy atom. The van der Waals surface area contributed by atoms with Crippen molar-refractivity contribution in [2.45, 2.75) is 19.8 Å². The average molecular weight is 665 g/mol. The number of carbonyl (C=O) groups is 3. The quantitative estimate of drug-likeness (QED) is 0.0766. The number of hydrogen-bond acceptors (Lipinski definition) is 6. The smallest absolute Gasteiger partial charge is 0.338 e. The van der Waals surface area contributed by atoms with Gasteiger partial charge in [-0.15, -0.1) is 0 Å². The third-order valence-electron chi connectivity index (χ3n) is 7.72. The van der Waals surface area contributed by atoms with Gasteiger partial charge in [0.25, 0.3) is 0 Å². The van der Waals surface area contributed by atoms with E-state index in [4.69, 9.17) is 14.2 Å². The van der Waals surface area contributed by atoms with Gasteiger partial charge in [0.1, 0.15) is 19.8 Å². The van der Waals surface area contributed by atoms with Gasteiger partial charge in [-0.1, -0.05) is 127 Å². The Kier molecular flexibility index (Phi) is 11.0. The fourth-order valence-corrected chi connectivity index (χ4v) is 7.33. The van der Waals surface area contributed by atoms with Crippen molar-refractivity contribution in [1.82, 2.24) is 0 Å². The molecule has 0 N–H and O–H groups in total. The molecule has 0 spiro atoms. The lowest BCUT2D eigenvalue weighted by Gasteiger charge is -2.20. The summed E-state index contributed by atoms with van der Waals surface area (Å²) in [6.45, 7) is 0.496. The fraction of sp³-hybridized carbons (Fsp3) is 0.0714. The second-order valence-corrected chi connectivity index (χ2v) is 13.4. The number of carbonyl (C=O) groups excluding carboxylic acids is 3. The van der Waals surface area contributed by atoms with Gasteiger partial charge >= 0.3 is 17.9 Å². The summed E-state index contributed by atoms with van der Waals surface area (Å²) in [6, 6.07) is 51.1. The van der Waals surface area contributed by atoms with Gasteiger partial charge in [0.15, 0.2) is 0 Å². The molecule has 6 aromatic rings. The first-order valence-electron chi connectivity index (χ1n) is 15.8. The van der Waals surface area contributed by atoms with Crippen LogP contribution in [0.25, 0.3) is 0 Å². The molecule has 0 saturated carbocycles. The van der Waals surface area contributed by atoms with Gasteiger partial charge in [0.05, 0.1) is 16.7 Å². The van der Waals surface area contributed by atoms with Crippen LogP contribution in [0.3, 0.4) is 0 Å². The van der Waals surface area contributed by atoms with Crippen LogP contribution in [-0.4, -0.2) is 17.9 Å². The second kappa shape index (κ2) is 16.3. The molecule has 0 aliphatic heterocycles. The van der Waals surface area contributed by atoms with Crippen LogP contribution in [0.1, 0.15) is 47.8 Å². The highest BCUT2D eigenvalue weighted by molar-refractivity contribution is 7.79. The van der Waals surface area contributed by atoms with Gasteiger partial charge in [0.2, 0.25) is 0 Å². The molecule has 6 rings (SSSR count). The van der Waals surface area contributed by atoms with Crippen molar-refractivity contribution < 1.29 is 28.6 Å². The predicted octanol–water partition coefficient (Wildman–Crippen LogP) is 7.52. The van der Waals surface area contributed by atoms with Gasteiger partial charge in [-0.3, -0.25) is 0 Å². The monoisotopic (exact) mass is 664 g/mol. The van der Waals surface area contributed by atoms with Crippen molar-refractivity contribution in [2.75, 3.05) is 0 Å². The van der Waals surface area contributed by atoms with Crippen LogP contribution in [0.4, 0.5) is 0 Å². The van der Waals surface area contributed by atoms with E-state index in [0.29, 0.717) is 16.7 Å². The van der Waals surface area contributed by atoms with Crippen LogP contribution < -0.4 is 15.9 Å². The molecule has 6 aromatic carbocycles. The third kappa shape index (κ3) is 8.95. The largest absolute Gasteiger partial charge is 0.457 e. The predicted molar refractivity (Wildman–Crippen MR) is 192 cm³/mol. The van der Waals surface area contributed by atoms with E-state index in [9.17, 15) is 14.4 Å². The maximum absolute atomic E-state index is 12.5. The van der Waals surface area contributed by atoms with Gasteiger partial charge in [-0.25, -0.2) is 14.4 Å². The summed E-state index contributed by atoms with van der Waals surface area (Å²) in [7, 11) is -0.980. The molecule has 0 aromatic heterocycles. The molecule has 0 saturated heterocycles. The molecular formula is C42H33O6P. The maximum atomic E-state index is 12.5. The Balaban J connectivity index is 1.18. The molecule has 0 unspecified atom stereocenters. The molecule has 7 heteroatoms. The van der Waals surface area contributed by atoms with Gasteiger partial charge in [0, 0.05) is 0 Å². The summed E-state index contributed by atoms with van der Waals surface area (Å²) < 4.78 is 16.6. The van der Waals surface area contributed by atoms with Crippen molar-refractivity contribution in [3.8, 4) is 0 Å². The van der Waals surface area contributed by atoms with Gasteiger partial charge in [-0.2, -0.15) is 0 Å². The lowest BCUT2D eigenvalue weighted by Crippen LogP contribution is -2.21. The molecule has 0 aliphatic rings. The van der Waals surface area contributed by atoms with E-state index in [1.54, 1.807) is 72.8 Å². The molecule has 0 heterocycles. The van der Waals surface area contributed by atoms with Crippen LogP contribution in [0.5, 0.6) is 0 Å². The lowest BCUT2D eigenvalue weighted by atomic mass is 10.2. The molecule has 0 bridgehead atoms. The summed E-state index contributed by atoms with van der Waals surface area (Å²) >= 11 is 0. The first kappa shape index (κ1) is 33.1. The van der Waals surface area contributed by atoms with Crippen molar-refractivity contribution in [2.24, 2.45) is 0 Å². The maximum Gasteiger partial charge on any atom is 0.338 e. The number of hydrogen-bond donors (Lipinski definition) is 0. The summed E-state index contributed by atoms with van der Waals surface area (Å²) in [5.41, 5.74) is 4.19. The Morgan fingerprint density at radius 2 is 0.592 bits per heavy atom. The molecule has 0 aliphatic carbocycles. The van der Waals surface area contributed by atoms with Crippen LogP contribution in [0, 0.1) is 0 Å². The topological polar surface area (TPSA) is 78.9 Å². The summed E-state index contributed by atoms with van der Waals surface area (Å²) in [5, 5.41) is 3.33. The molecular weight excluding hydrogens is 631 g/mol. The summed E-state index contributed by atoms with van der Waals surface area (Å²) in [4.78, 5) is 37.4. The molecule has 6 nitrogen and oxygen atoms in total. The first-order valence-corrected chi connectivity index (χ1v) is 17.1. The normalized spacial score (nSPS) is 10.7. The van der Waals surface area contributed by atoms with E-state index < -0.39 is 7.92 Å². The van der Waals surface area contributed by atoms with E-state index in [1.165, 1.54) is 0 Å². The zero-order valence-electron chi connectivity index (χ0n) is 26.6. The van der Waals surface area contributed by atoms with Crippen molar-refractivity contribution >= 4 is 41.7 Å². The number of esters is 3. The summed E-state index contributed by atoms with van der Waals surface area (Å²) in [5.74, 6) is -1.09. The highest BCUT2D eigenvalue weighted by Crippen LogP contribution is 2.33. The van der Waals surface area contributed by atoms with Crippen LogP contribution in [0.15, 0.2) is 164 Å². The fourth-order valence-electron chi connectivity index (χ4n) is 5.09. The molecule has 0 radical (unpaired) electrons. The first-order chi connectivity index (χ1) is 24.0. The van der Waals surface area contributed by atoms with E-state index in [0.717, 1.165) is 32.6 Å². The number of benzene rings is 6. The Hall–Kier alpha value is -5.84. The molecule has 242 valence electrons. The van der Waals surface area contributed by atoms with E-state index >= 15 is 0 Å². The number of ether oxygens (including phenoxy) is 3. The van der Waals surface area contributed by atoms with Crippen molar-refractivity contribution in [3.63, 3.8) is 0 Å². The lowest BCUT2D eigenvalue weighted by molar-refractivity contribution is 0.0464. The van der Waals surface area contributed by atoms with Crippen molar-refractivity contribution in [1.29, 1.82) is 0 Å². The Bertz CT molecular complexity index is 1740. The molecule has 0 fully saturated rings. The zero-order valence-corrected chi connectivity index (χ0v) is 27.5. The Labute approximate surface area is 286 Å². The van der Waals surface area contributed by atoms with E-state index in [2.05, 4.69) is 36.4 Å². The third-order valence-corrected chi connectivity index (χ3v) is 10.2. The van der Waals surface area contributed by atoms with E-state index in [-0.39, 0.29) is 37.7 Å². The minimum absolute atomic E-state index is 0.165. The highest BCUT2D eigenvalue weighted by atomic mass is 31.1. The second-order valence-electron chi connectivity index (χ2n) is 11.2. The molecule has 49 heavy (non-hydrogen) atoms. The van der Waals surface area contributed by atoms with Crippen LogP contribution in [0.2, 0.25) is 0 Å². The molecule has 0 amide bonds. The minimum atomic E-state index is -0.980. The molecule has 0 atom stereocenters. The standard InChI is InChI=1S/C42H33O6P/c43-40(34-10-4-1-5-11-34)46-28-31-16-22-37(23-17-31)49(38-24-18-32(19-25-38)29-47-41(44)35-12-6-2-7-13-35)39-26-20-33(21-27-39)30-48-42(45)36-14-8-3-9-15-36/h1-27H,28-30H2. The van der Waals surface area contributed by atoms with Crippen LogP contribution in [-0.2, 0) is 34.0 Å². The van der Waals surface area contributed by atoms with E-state index in [1.807, 2.05) is 54.6 Å². The van der Waals surface area contributed by atoms with Gasteiger partial charge in [-0.05, 0) is 76.9 Å². The minimum Gasteiger partial charge on any atom is -0.457 e. The van der Waals surface area contributed by atoms with Gasteiger partial charge < -0.3 is 14.2 Å². The van der Waals surface area contributed by atoms with Crippen LogP contribution >= 0.6 is 7.92 Å². The zero-order chi connectivity index (χ0) is 33.8.